The van der Waals surface area contributed by atoms with Gasteiger partial charge in [0.05, 0.1) is 5.92 Å². The van der Waals surface area contributed by atoms with Crippen LogP contribution in [0.2, 0.25) is 0 Å². The van der Waals surface area contributed by atoms with Crippen LogP contribution in [0.4, 0.5) is 0 Å². The van der Waals surface area contributed by atoms with E-state index in [1.54, 1.807) is 0 Å². The van der Waals surface area contributed by atoms with E-state index in [1.165, 1.54) is 5.56 Å². The van der Waals surface area contributed by atoms with Gasteiger partial charge < -0.3 is 10.0 Å². The highest BCUT2D eigenvalue weighted by molar-refractivity contribution is 5.70. The maximum absolute atomic E-state index is 10.9. The molecular formula is C16H23NO2. The summed E-state index contributed by atoms with van der Waals surface area (Å²) in [7, 11) is 0. The van der Waals surface area contributed by atoms with Gasteiger partial charge in [0.15, 0.2) is 0 Å². The Hall–Kier alpha value is -1.35. The van der Waals surface area contributed by atoms with E-state index < -0.39 is 5.97 Å². The Morgan fingerprint density at radius 2 is 1.95 bits per heavy atom. The van der Waals surface area contributed by atoms with Crippen molar-refractivity contribution in [1.82, 2.24) is 4.90 Å². The summed E-state index contributed by atoms with van der Waals surface area (Å²) in [6, 6.07) is 10.6. The van der Waals surface area contributed by atoms with Crippen LogP contribution in [0.5, 0.6) is 0 Å². The zero-order valence-electron chi connectivity index (χ0n) is 11.6. The van der Waals surface area contributed by atoms with Crippen molar-refractivity contribution in [3.63, 3.8) is 0 Å². The lowest BCUT2D eigenvalue weighted by atomic mass is 9.93. The smallest absolute Gasteiger partial charge is 0.306 e. The van der Waals surface area contributed by atoms with Gasteiger partial charge in [-0.25, -0.2) is 0 Å². The number of benzene rings is 1. The highest BCUT2D eigenvalue weighted by Gasteiger charge is 2.25. The number of nitrogens with zero attached hydrogens (tertiary/aromatic N) is 1. The number of likely N-dealkylation sites (tertiary alicyclic amines) is 1. The fourth-order valence-electron chi connectivity index (χ4n) is 2.87. The van der Waals surface area contributed by atoms with Crippen LogP contribution in [0.3, 0.4) is 0 Å². The lowest BCUT2D eigenvalue weighted by molar-refractivity contribution is -0.143. The molecule has 3 heteroatoms. The molecule has 19 heavy (non-hydrogen) atoms. The summed E-state index contributed by atoms with van der Waals surface area (Å²) in [5.74, 6) is -0.203. The third kappa shape index (κ3) is 3.80. The second kappa shape index (κ2) is 6.71. The lowest BCUT2D eigenvalue weighted by Crippen LogP contribution is -2.38. The molecule has 104 valence electrons. The molecule has 0 saturated carbocycles. The first kappa shape index (κ1) is 14.1. The first-order chi connectivity index (χ1) is 9.20. The molecule has 1 atom stereocenters. The number of aliphatic carboxylic acids is 1. The molecule has 2 rings (SSSR count). The summed E-state index contributed by atoms with van der Waals surface area (Å²) in [6.07, 6.45) is 2.71. The van der Waals surface area contributed by atoms with Crippen LogP contribution < -0.4 is 0 Å². The highest BCUT2D eigenvalue weighted by Crippen LogP contribution is 2.24. The molecule has 1 saturated heterocycles. The first-order valence-corrected chi connectivity index (χ1v) is 7.20. The number of rotatable bonds is 5. The second-order valence-corrected chi connectivity index (χ2v) is 5.43. The minimum Gasteiger partial charge on any atom is -0.481 e. The van der Waals surface area contributed by atoms with Gasteiger partial charge in [-0.05, 0) is 43.8 Å². The molecular weight excluding hydrogens is 238 g/mol. The van der Waals surface area contributed by atoms with Gasteiger partial charge in [0.2, 0.25) is 0 Å². The summed E-state index contributed by atoms with van der Waals surface area (Å²) in [5.41, 5.74) is 1.39. The summed E-state index contributed by atoms with van der Waals surface area (Å²) >= 11 is 0. The van der Waals surface area contributed by atoms with Crippen LogP contribution >= 0.6 is 0 Å². The van der Waals surface area contributed by atoms with Crippen LogP contribution in [0.1, 0.15) is 37.7 Å². The van der Waals surface area contributed by atoms with Crippen LogP contribution in [-0.2, 0) is 4.79 Å². The number of carbonyl (C=O) groups is 1. The molecule has 3 nitrogen and oxygen atoms in total. The van der Waals surface area contributed by atoms with Crippen molar-refractivity contribution in [3.05, 3.63) is 35.9 Å². The molecule has 0 amide bonds. The van der Waals surface area contributed by atoms with E-state index in [-0.39, 0.29) is 5.92 Å². The number of carboxylic acid groups (broad SMARTS) is 1. The Morgan fingerprint density at radius 3 is 2.47 bits per heavy atom. The Morgan fingerprint density at radius 1 is 1.32 bits per heavy atom. The predicted octanol–water partition coefficient (Wildman–Crippen LogP) is 2.98. The monoisotopic (exact) mass is 261 g/mol. The maximum atomic E-state index is 10.9. The van der Waals surface area contributed by atoms with Crippen molar-refractivity contribution >= 4 is 5.97 Å². The lowest BCUT2D eigenvalue weighted by Gasteiger charge is -2.32. The molecule has 1 unspecified atom stereocenters. The van der Waals surface area contributed by atoms with Gasteiger partial charge in [-0.1, -0.05) is 37.3 Å². The Kier molecular flexibility index (Phi) is 4.97. The normalized spacial score (nSPS) is 19.2. The van der Waals surface area contributed by atoms with E-state index in [9.17, 15) is 4.79 Å². The van der Waals surface area contributed by atoms with E-state index in [0.717, 1.165) is 38.9 Å². The van der Waals surface area contributed by atoms with E-state index in [2.05, 4.69) is 42.2 Å². The van der Waals surface area contributed by atoms with Crippen molar-refractivity contribution in [1.29, 1.82) is 0 Å². The van der Waals surface area contributed by atoms with Crippen molar-refractivity contribution in [2.24, 2.45) is 5.92 Å². The zero-order chi connectivity index (χ0) is 13.7. The molecule has 0 aromatic heterocycles. The first-order valence-electron chi connectivity index (χ1n) is 7.20. The van der Waals surface area contributed by atoms with E-state index in [4.69, 9.17) is 5.11 Å². The minimum atomic E-state index is -0.630. The molecule has 1 heterocycles. The highest BCUT2D eigenvalue weighted by atomic mass is 16.4. The van der Waals surface area contributed by atoms with E-state index in [1.807, 2.05) is 0 Å². The Bertz CT molecular complexity index is 396. The largest absolute Gasteiger partial charge is 0.481 e. The third-order valence-corrected chi connectivity index (χ3v) is 4.18. The molecule has 1 aliphatic rings. The molecule has 1 aliphatic heterocycles. The molecule has 1 N–H and O–H groups in total. The van der Waals surface area contributed by atoms with Gasteiger partial charge in [0.1, 0.15) is 0 Å². The topological polar surface area (TPSA) is 40.5 Å². The van der Waals surface area contributed by atoms with Gasteiger partial charge >= 0.3 is 5.97 Å². The zero-order valence-corrected chi connectivity index (χ0v) is 11.6. The fraction of sp³-hybridized carbons (Fsp3) is 0.562. The quantitative estimate of drug-likeness (QED) is 0.886. The average Bonchev–Trinajstić information content (AvgIpc) is 2.46. The van der Waals surface area contributed by atoms with Gasteiger partial charge in [-0.2, -0.15) is 0 Å². The minimum absolute atomic E-state index is 0.131. The van der Waals surface area contributed by atoms with E-state index in [0.29, 0.717) is 5.92 Å². The molecule has 1 fully saturated rings. The number of hydrogen-bond acceptors (Lipinski definition) is 2. The maximum Gasteiger partial charge on any atom is 0.306 e. The molecule has 0 radical (unpaired) electrons. The van der Waals surface area contributed by atoms with Crippen molar-refractivity contribution in [2.45, 2.75) is 32.1 Å². The van der Waals surface area contributed by atoms with Crippen LogP contribution in [0.15, 0.2) is 30.3 Å². The predicted molar refractivity (Wildman–Crippen MR) is 76.3 cm³/mol. The van der Waals surface area contributed by atoms with Crippen LogP contribution in [0.25, 0.3) is 0 Å². The van der Waals surface area contributed by atoms with Gasteiger partial charge in [0.25, 0.3) is 0 Å². The van der Waals surface area contributed by atoms with E-state index >= 15 is 0 Å². The van der Waals surface area contributed by atoms with Crippen molar-refractivity contribution in [2.75, 3.05) is 19.6 Å². The summed E-state index contributed by atoms with van der Waals surface area (Å²) < 4.78 is 0. The number of hydrogen-bond donors (Lipinski definition) is 1. The standard InChI is InChI=1S/C16H23NO2/c1-2-13(14-6-4-3-5-7-14)12-17-10-8-15(9-11-17)16(18)19/h3-7,13,15H,2,8-12H2,1H3,(H,18,19). The molecule has 0 bridgehead atoms. The van der Waals surface area contributed by atoms with Crippen LogP contribution in [-0.4, -0.2) is 35.6 Å². The van der Waals surface area contributed by atoms with Crippen molar-refractivity contribution in [3.8, 4) is 0 Å². The Balaban J connectivity index is 1.89. The third-order valence-electron chi connectivity index (χ3n) is 4.18. The summed E-state index contributed by atoms with van der Waals surface area (Å²) in [4.78, 5) is 13.4. The summed E-state index contributed by atoms with van der Waals surface area (Å²) in [6.45, 7) is 5.11. The molecule has 1 aromatic rings. The molecule has 0 aliphatic carbocycles. The van der Waals surface area contributed by atoms with Gasteiger partial charge in [-0.3, -0.25) is 4.79 Å². The number of carboxylic acids is 1. The molecule has 1 aromatic carbocycles. The Labute approximate surface area is 115 Å². The number of piperidine rings is 1. The van der Waals surface area contributed by atoms with Crippen molar-refractivity contribution < 1.29 is 9.90 Å². The van der Waals surface area contributed by atoms with Crippen LogP contribution in [0, 0.1) is 5.92 Å². The average molecular weight is 261 g/mol. The second-order valence-electron chi connectivity index (χ2n) is 5.43. The molecule has 0 spiro atoms. The van der Waals surface area contributed by atoms with Gasteiger partial charge in [0, 0.05) is 6.54 Å². The SMILES string of the molecule is CCC(CN1CCC(C(=O)O)CC1)c1ccccc1. The fourth-order valence-corrected chi connectivity index (χ4v) is 2.87. The van der Waals surface area contributed by atoms with Gasteiger partial charge in [-0.15, -0.1) is 0 Å². The summed E-state index contributed by atoms with van der Waals surface area (Å²) in [5, 5.41) is 9.01.